The fourth-order valence-corrected chi connectivity index (χ4v) is 4.19. The van der Waals surface area contributed by atoms with Gasteiger partial charge in [0.25, 0.3) is 0 Å². The van der Waals surface area contributed by atoms with Crippen molar-refractivity contribution in [2.45, 2.75) is 45.6 Å². The molecule has 3 rings (SSSR count). The van der Waals surface area contributed by atoms with Crippen LogP contribution in [0, 0.1) is 5.92 Å². The monoisotopic (exact) mass is 424 g/mol. The molecule has 0 spiro atoms. The van der Waals surface area contributed by atoms with Crippen molar-refractivity contribution in [3.63, 3.8) is 0 Å². The van der Waals surface area contributed by atoms with Crippen molar-refractivity contribution < 1.29 is 19.1 Å². The fourth-order valence-electron chi connectivity index (χ4n) is 4.19. The highest BCUT2D eigenvalue weighted by Gasteiger charge is 2.41. The van der Waals surface area contributed by atoms with E-state index >= 15 is 0 Å². The van der Waals surface area contributed by atoms with Crippen LogP contribution in [0.4, 0.5) is 5.69 Å². The number of benzene rings is 2. The molecule has 0 radical (unpaired) electrons. The number of piperidine rings is 1. The topological polar surface area (TPSA) is 67.9 Å². The van der Waals surface area contributed by atoms with Crippen LogP contribution >= 0.6 is 0 Å². The lowest BCUT2D eigenvalue weighted by molar-refractivity contribution is -0.142. The largest absolute Gasteiger partial charge is 0.496 e. The molecule has 1 fully saturated rings. The van der Waals surface area contributed by atoms with Crippen LogP contribution in [-0.4, -0.2) is 37.0 Å². The molecule has 6 nitrogen and oxygen atoms in total. The van der Waals surface area contributed by atoms with Gasteiger partial charge in [0.05, 0.1) is 31.4 Å². The number of para-hydroxylation sites is 3. The molecule has 1 N–H and O–H groups in total. The first-order chi connectivity index (χ1) is 15.1. The van der Waals surface area contributed by atoms with Crippen molar-refractivity contribution in [1.82, 2.24) is 4.90 Å². The van der Waals surface area contributed by atoms with Crippen LogP contribution in [0.25, 0.3) is 0 Å². The first-order valence-electron chi connectivity index (χ1n) is 11.1. The minimum absolute atomic E-state index is 0.0862. The summed E-state index contributed by atoms with van der Waals surface area (Å²) >= 11 is 0. The predicted molar refractivity (Wildman–Crippen MR) is 121 cm³/mol. The first kappa shape index (κ1) is 22.7. The van der Waals surface area contributed by atoms with Gasteiger partial charge < -0.3 is 19.7 Å². The highest BCUT2D eigenvalue weighted by molar-refractivity contribution is 5.96. The summed E-state index contributed by atoms with van der Waals surface area (Å²) in [6.45, 7) is 5.15. The Hall–Kier alpha value is -3.02. The maximum Gasteiger partial charge on any atom is 0.230 e. The van der Waals surface area contributed by atoms with E-state index in [-0.39, 0.29) is 23.8 Å². The maximum absolute atomic E-state index is 13.5. The third-order valence-corrected chi connectivity index (χ3v) is 5.70. The molecule has 1 saturated heterocycles. The number of carbonyl (C=O) groups is 2. The third-order valence-electron chi connectivity index (χ3n) is 5.70. The van der Waals surface area contributed by atoms with E-state index in [2.05, 4.69) is 12.2 Å². The molecule has 1 aliphatic heterocycles. The smallest absolute Gasteiger partial charge is 0.230 e. The van der Waals surface area contributed by atoms with Crippen molar-refractivity contribution in [2.75, 3.05) is 25.6 Å². The van der Waals surface area contributed by atoms with Gasteiger partial charge in [-0.05, 0) is 38.0 Å². The van der Waals surface area contributed by atoms with Gasteiger partial charge in [0.15, 0.2) is 0 Å². The summed E-state index contributed by atoms with van der Waals surface area (Å²) in [5.41, 5.74) is 1.51. The van der Waals surface area contributed by atoms with Crippen LogP contribution in [0.1, 0.15) is 51.1 Å². The van der Waals surface area contributed by atoms with Gasteiger partial charge in [-0.1, -0.05) is 43.7 Å². The molecule has 6 heteroatoms. The summed E-state index contributed by atoms with van der Waals surface area (Å²) in [7, 11) is 1.62. The number of likely N-dealkylation sites (tertiary alicyclic amines) is 1. The van der Waals surface area contributed by atoms with Gasteiger partial charge in [0, 0.05) is 18.5 Å². The number of amides is 2. The number of hydrogen-bond acceptors (Lipinski definition) is 4. The minimum Gasteiger partial charge on any atom is -0.496 e. The number of hydrogen-bond donors (Lipinski definition) is 1. The summed E-state index contributed by atoms with van der Waals surface area (Å²) in [6, 6.07) is 14.7. The van der Waals surface area contributed by atoms with Crippen molar-refractivity contribution in [3.05, 3.63) is 54.1 Å². The Morgan fingerprint density at radius 1 is 1.10 bits per heavy atom. The molecule has 0 unspecified atom stereocenters. The molecule has 31 heavy (non-hydrogen) atoms. The van der Waals surface area contributed by atoms with Gasteiger partial charge >= 0.3 is 0 Å². The molecule has 1 aliphatic rings. The second-order valence-electron chi connectivity index (χ2n) is 7.69. The van der Waals surface area contributed by atoms with Gasteiger partial charge in [-0.2, -0.15) is 0 Å². The Morgan fingerprint density at radius 3 is 2.52 bits per heavy atom. The molecule has 0 aliphatic carbocycles. The predicted octanol–water partition coefficient (Wildman–Crippen LogP) is 4.81. The van der Waals surface area contributed by atoms with E-state index in [0.29, 0.717) is 43.2 Å². The number of nitrogens with zero attached hydrogens (tertiary/aromatic N) is 1. The second-order valence-corrected chi connectivity index (χ2v) is 7.69. The zero-order valence-corrected chi connectivity index (χ0v) is 18.6. The van der Waals surface area contributed by atoms with Gasteiger partial charge in [0.2, 0.25) is 11.8 Å². The SMILES string of the molecule is CCCCN1C(=O)CC[C@H](C(=O)Nc2ccccc2OCC)[C@@H]1c1ccccc1OC. The molecule has 1 heterocycles. The Labute approximate surface area is 184 Å². The number of ether oxygens (including phenoxy) is 2. The van der Waals surface area contributed by atoms with Crippen molar-refractivity contribution >= 4 is 17.5 Å². The molecule has 2 amide bonds. The van der Waals surface area contributed by atoms with Crippen LogP contribution in [0.3, 0.4) is 0 Å². The summed E-state index contributed by atoms with van der Waals surface area (Å²) in [6.07, 6.45) is 2.72. The standard InChI is InChI=1S/C25H32N2O4/c1-4-6-17-27-23(28)16-15-19(24(27)18-11-7-9-13-21(18)30-3)25(29)26-20-12-8-10-14-22(20)31-5-2/h7-14,19,24H,4-6,15-17H2,1-3H3,(H,26,29)/t19-,24-/m0/s1. The lowest BCUT2D eigenvalue weighted by Crippen LogP contribution is -2.47. The van der Waals surface area contributed by atoms with Crippen LogP contribution in [-0.2, 0) is 9.59 Å². The highest BCUT2D eigenvalue weighted by Crippen LogP contribution is 2.41. The summed E-state index contributed by atoms with van der Waals surface area (Å²) in [5, 5.41) is 3.05. The maximum atomic E-state index is 13.5. The number of nitrogens with one attached hydrogen (secondary N) is 1. The van der Waals surface area contributed by atoms with Gasteiger partial charge in [-0.3, -0.25) is 9.59 Å². The average molecular weight is 425 g/mol. The number of unbranched alkanes of at least 4 members (excludes halogenated alkanes) is 1. The Morgan fingerprint density at radius 2 is 1.81 bits per heavy atom. The number of anilines is 1. The Balaban J connectivity index is 1.96. The van der Waals surface area contributed by atoms with Crippen LogP contribution in [0.2, 0.25) is 0 Å². The summed E-state index contributed by atoms with van der Waals surface area (Å²) in [4.78, 5) is 28.2. The summed E-state index contributed by atoms with van der Waals surface area (Å²) < 4.78 is 11.3. The Bertz CT molecular complexity index is 899. The molecule has 0 saturated carbocycles. The van der Waals surface area contributed by atoms with Gasteiger partial charge in [-0.25, -0.2) is 0 Å². The van der Waals surface area contributed by atoms with Crippen LogP contribution < -0.4 is 14.8 Å². The highest BCUT2D eigenvalue weighted by atomic mass is 16.5. The molecule has 2 aromatic carbocycles. The number of methoxy groups -OCH3 is 1. The average Bonchev–Trinajstić information content (AvgIpc) is 2.79. The quantitative estimate of drug-likeness (QED) is 0.627. The normalized spacial score (nSPS) is 18.5. The molecular weight excluding hydrogens is 392 g/mol. The molecule has 2 aromatic rings. The molecule has 166 valence electrons. The lowest BCUT2D eigenvalue weighted by atomic mass is 9.83. The number of rotatable bonds is 9. The minimum atomic E-state index is -0.388. The van der Waals surface area contributed by atoms with Gasteiger partial charge in [-0.15, -0.1) is 0 Å². The van der Waals surface area contributed by atoms with E-state index in [9.17, 15) is 9.59 Å². The molecular formula is C25H32N2O4. The lowest BCUT2D eigenvalue weighted by Gasteiger charge is -2.41. The zero-order chi connectivity index (χ0) is 22.2. The number of carbonyl (C=O) groups excluding carboxylic acids is 2. The van der Waals surface area contributed by atoms with Crippen molar-refractivity contribution in [1.29, 1.82) is 0 Å². The third kappa shape index (κ3) is 5.19. The molecule has 0 aromatic heterocycles. The van der Waals surface area contributed by atoms with Crippen molar-refractivity contribution in [3.8, 4) is 11.5 Å². The van der Waals surface area contributed by atoms with Crippen LogP contribution in [0.15, 0.2) is 48.5 Å². The van der Waals surface area contributed by atoms with E-state index in [1.54, 1.807) is 7.11 Å². The fraction of sp³-hybridized carbons (Fsp3) is 0.440. The van der Waals surface area contributed by atoms with E-state index in [1.807, 2.05) is 60.4 Å². The summed E-state index contributed by atoms with van der Waals surface area (Å²) in [5.74, 6) is 0.916. The van der Waals surface area contributed by atoms with E-state index in [0.717, 1.165) is 18.4 Å². The first-order valence-corrected chi connectivity index (χ1v) is 11.1. The molecule has 0 bridgehead atoms. The molecule has 2 atom stereocenters. The van der Waals surface area contributed by atoms with Crippen molar-refractivity contribution in [2.24, 2.45) is 5.92 Å². The van der Waals surface area contributed by atoms with E-state index < -0.39 is 0 Å². The van der Waals surface area contributed by atoms with Gasteiger partial charge in [0.1, 0.15) is 11.5 Å². The van der Waals surface area contributed by atoms with Crippen LogP contribution in [0.5, 0.6) is 11.5 Å². The second kappa shape index (κ2) is 10.8. The van der Waals surface area contributed by atoms with E-state index in [4.69, 9.17) is 9.47 Å². The Kier molecular flexibility index (Phi) is 7.93. The van der Waals surface area contributed by atoms with E-state index in [1.165, 1.54) is 0 Å². The zero-order valence-electron chi connectivity index (χ0n) is 18.6.